The average Bonchev–Trinajstić information content (AvgIpc) is 3.07. The molecule has 0 aromatic heterocycles. The van der Waals surface area contributed by atoms with E-state index in [0.29, 0.717) is 11.5 Å². The van der Waals surface area contributed by atoms with Crippen molar-refractivity contribution in [2.75, 3.05) is 14.2 Å². The van der Waals surface area contributed by atoms with Crippen LogP contribution in [0.5, 0.6) is 23.0 Å². The minimum absolute atomic E-state index is 0.146. The van der Waals surface area contributed by atoms with Crippen LogP contribution in [0.15, 0.2) is 66.2 Å². The smallest absolute Gasteiger partial charge is 0.160 e. The number of aromatic hydroxyl groups is 2. The summed E-state index contributed by atoms with van der Waals surface area (Å²) in [5, 5.41) is 19.8. The Morgan fingerprint density at radius 1 is 0.793 bits per heavy atom. The van der Waals surface area contributed by atoms with Crippen LogP contribution >= 0.6 is 0 Å². The van der Waals surface area contributed by atoms with Gasteiger partial charge in [0.1, 0.15) is 0 Å². The number of methoxy groups -OCH3 is 2. The summed E-state index contributed by atoms with van der Waals surface area (Å²) < 4.78 is 10.5. The van der Waals surface area contributed by atoms with E-state index in [1.807, 2.05) is 24.3 Å². The Kier molecular flexibility index (Phi) is 5.17. The van der Waals surface area contributed by atoms with Crippen molar-refractivity contribution < 1.29 is 19.7 Å². The first-order valence-corrected chi connectivity index (χ1v) is 9.60. The Morgan fingerprint density at radius 3 is 2.10 bits per heavy atom. The molecule has 1 aliphatic carbocycles. The fraction of sp³-hybridized carbons (Fsp3) is 0.200. The standard InChI is InChI=1S/C25H24O4/c1-28-24-13-16(7-9-22(24)26)11-19-15-18-5-3-4-6-20(18)21(19)12-17-8-10-23(27)25(14-17)29-2/h3-10,13-15,21,26-27H,11-12H2,1-2H3. The number of phenolic OH excluding ortho intramolecular Hbond substituents is 2. The van der Waals surface area contributed by atoms with E-state index in [9.17, 15) is 10.2 Å². The van der Waals surface area contributed by atoms with Gasteiger partial charge in [-0.05, 0) is 59.4 Å². The van der Waals surface area contributed by atoms with E-state index in [1.165, 1.54) is 16.7 Å². The van der Waals surface area contributed by atoms with Crippen molar-refractivity contribution in [3.63, 3.8) is 0 Å². The molecule has 0 saturated heterocycles. The SMILES string of the molecule is COc1cc(CC2=Cc3ccccc3C2Cc2ccc(O)c(OC)c2)ccc1O. The first-order valence-electron chi connectivity index (χ1n) is 9.60. The summed E-state index contributed by atoms with van der Waals surface area (Å²) in [7, 11) is 3.12. The number of fused-ring (bicyclic) bond motifs is 1. The van der Waals surface area contributed by atoms with E-state index in [2.05, 4.69) is 30.3 Å². The third-order valence-electron chi connectivity index (χ3n) is 5.50. The van der Waals surface area contributed by atoms with Crippen LogP contribution in [0.1, 0.15) is 28.2 Å². The molecule has 0 fully saturated rings. The molecular weight excluding hydrogens is 364 g/mol. The van der Waals surface area contributed by atoms with Crippen molar-refractivity contribution in [2.24, 2.45) is 0 Å². The highest BCUT2D eigenvalue weighted by Gasteiger charge is 2.25. The van der Waals surface area contributed by atoms with Crippen LogP contribution in [0.4, 0.5) is 0 Å². The van der Waals surface area contributed by atoms with Gasteiger partial charge in [0.2, 0.25) is 0 Å². The molecule has 3 aromatic rings. The number of ether oxygens (including phenoxy) is 2. The maximum Gasteiger partial charge on any atom is 0.160 e. The second-order valence-electron chi connectivity index (χ2n) is 7.29. The topological polar surface area (TPSA) is 58.9 Å². The molecule has 0 radical (unpaired) electrons. The Hall–Kier alpha value is -3.40. The zero-order valence-corrected chi connectivity index (χ0v) is 16.6. The maximum atomic E-state index is 9.90. The van der Waals surface area contributed by atoms with Crippen molar-refractivity contribution in [3.05, 3.63) is 88.5 Å². The van der Waals surface area contributed by atoms with Gasteiger partial charge in [0.15, 0.2) is 23.0 Å². The van der Waals surface area contributed by atoms with Gasteiger partial charge >= 0.3 is 0 Å². The Balaban J connectivity index is 1.65. The highest BCUT2D eigenvalue weighted by molar-refractivity contribution is 5.67. The molecule has 1 aliphatic rings. The first-order chi connectivity index (χ1) is 14.1. The lowest BCUT2D eigenvalue weighted by Crippen LogP contribution is -2.06. The average molecular weight is 388 g/mol. The highest BCUT2D eigenvalue weighted by atomic mass is 16.5. The van der Waals surface area contributed by atoms with Gasteiger partial charge in [0.05, 0.1) is 14.2 Å². The van der Waals surface area contributed by atoms with E-state index >= 15 is 0 Å². The maximum absolute atomic E-state index is 9.90. The molecule has 4 rings (SSSR count). The molecular formula is C25H24O4. The third-order valence-corrected chi connectivity index (χ3v) is 5.50. The van der Waals surface area contributed by atoms with Crippen LogP contribution in [0.25, 0.3) is 6.08 Å². The normalized spacial score (nSPS) is 15.0. The monoisotopic (exact) mass is 388 g/mol. The molecule has 29 heavy (non-hydrogen) atoms. The summed E-state index contributed by atoms with van der Waals surface area (Å²) in [5.41, 5.74) is 6.05. The van der Waals surface area contributed by atoms with Crippen LogP contribution in [-0.2, 0) is 12.8 Å². The summed E-state index contributed by atoms with van der Waals surface area (Å²) in [6.07, 6.45) is 3.84. The summed E-state index contributed by atoms with van der Waals surface area (Å²) in [5.74, 6) is 1.50. The van der Waals surface area contributed by atoms with Crippen molar-refractivity contribution in [1.29, 1.82) is 0 Å². The number of phenols is 2. The Labute approximate surface area is 170 Å². The lowest BCUT2D eigenvalue weighted by Gasteiger charge is -2.18. The van der Waals surface area contributed by atoms with Gasteiger partial charge in [0.25, 0.3) is 0 Å². The van der Waals surface area contributed by atoms with Crippen molar-refractivity contribution in [1.82, 2.24) is 0 Å². The summed E-state index contributed by atoms with van der Waals surface area (Å²) in [6, 6.07) is 19.5. The molecule has 0 heterocycles. The van der Waals surface area contributed by atoms with Gasteiger partial charge in [-0.3, -0.25) is 0 Å². The fourth-order valence-corrected chi connectivity index (χ4v) is 4.03. The highest BCUT2D eigenvalue weighted by Crippen LogP contribution is 2.41. The van der Waals surface area contributed by atoms with Crippen LogP contribution in [0.2, 0.25) is 0 Å². The summed E-state index contributed by atoms with van der Waals surface area (Å²) in [6.45, 7) is 0. The van der Waals surface area contributed by atoms with Gasteiger partial charge in [-0.25, -0.2) is 0 Å². The quantitative estimate of drug-likeness (QED) is 0.618. The number of hydrogen-bond donors (Lipinski definition) is 2. The third kappa shape index (κ3) is 3.79. The summed E-state index contributed by atoms with van der Waals surface area (Å²) in [4.78, 5) is 0. The van der Waals surface area contributed by atoms with Gasteiger partial charge in [-0.1, -0.05) is 48.0 Å². The predicted octanol–water partition coefficient (Wildman–Crippen LogP) is 5.08. The van der Waals surface area contributed by atoms with Crippen molar-refractivity contribution in [3.8, 4) is 23.0 Å². The predicted molar refractivity (Wildman–Crippen MR) is 114 cm³/mol. The molecule has 3 aromatic carbocycles. The molecule has 0 bridgehead atoms. The van der Waals surface area contributed by atoms with E-state index in [1.54, 1.807) is 26.4 Å². The Morgan fingerprint density at radius 2 is 1.41 bits per heavy atom. The van der Waals surface area contributed by atoms with E-state index in [0.717, 1.165) is 24.0 Å². The number of allylic oxidation sites excluding steroid dienone is 1. The lowest BCUT2D eigenvalue weighted by molar-refractivity contribution is 0.373. The number of rotatable bonds is 6. The molecule has 1 atom stereocenters. The fourth-order valence-electron chi connectivity index (χ4n) is 4.03. The zero-order valence-electron chi connectivity index (χ0n) is 16.6. The minimum atomic E-state index is 0.146. The van der Waals surface area contributed by atoms with E-state index < -0.39 is 0 Å². The lowest BCUT2D eigenvalue weighted by atomic mass is 9.86. The van der Waals surface area contributed by atoms with Crippen molar-refractivity contribution in [2.45, 2.75) is 18.8 Å². The zero-order chi connectivity index (χ0) is 20.4. The molecule has 2 N–H and O–H groups in total. The molecule has 148 valence electrons. The first kappa shape index (κ1) is 18.9. The minimum Gasteiger partial charge on any atom is -0.504 e. The Bertz CT molecular complexity index is 1070. The molecule has 0 aliphatic heterocycles. The van der Waals surface area contributed by atoms with Gasteiger partial charge in [-0.2, -0.15) is 0 Å². The van der Waals surface area contributed by atoms with Crippen molar-refractivity contribution >= 4 is 6.08 Å². The number of hydrogen-bond acceptors (Lipinski definition) is 4. The van der Waals surface area contributed by atoms with E-state index in [-0.39, 0.29) is 17.4 Å². The van der Waals surface area contributed by atoms with Crippen LogP contribution in [-0.4, -0.2) is 24.4 Å². The van der Waals surface area contributed by atoms with Crippen LogP contribution < -0.4 is 9.47 Å². The molecule has 0 saturated carbocycles. The van der Waals surface area contributed by atoms with Gasteiger partial charge in [-0.15, -0.1) is 0 Å². The van der Waals surface area contributed by atoms with Gasteiger partial charge in [0, 0.05) is 5.92 Å². The number of benzene rings is 3. The summed E-state index contributed by atoms with van der Waals surface area (Å²) >= 11 is 0. The second kappa shape index (κ2) is 7.92. The van der Waals surface area contributed by atoms with Crippen LogP contribution in [0, 0.1) is 0 Å². The molecule has 0 amide bonds. The van der Waals surface area contributed by atoms with Gasteiger partial charge < -0.3 is 19.7 Å². The molecule has 4 nitrogen and oxygen atoms in total. The van der Waals surface area contributed by atoms with E-state index in [4.69, 9.17) is 9.47 Å². The molecule has 0 spiro atoms. The molecule has 1 unspecified atom stereocenters. The largest absolute Gasteiger partial charge is 0.504 e. The van der Waals surface area contributed by atoms with Crippen LogP contribution in [0.3, 0.4) is 0 Å². The second-order valence-corrected chi connectivity index (χ2v) is 7.29. The molecule has 4 heteroatoms.